The summed E-state index contributed by atoms with van der Waals surface area (Å²) in [6, 6.07) is 11.3. The largest absolute Gasteiger partial charge is 0.424 e. The molecule has 1 aromatic carbocycles. The van der Waals surface area contributed by atoms with Crippen LogP contribution in [0.15, 0.2) is 46.5 Å². The Kier molecular flexibility index (Phi) is 6.15. The predicted molar refractivity (Wildman–Crippen MR) is 138 cm³/mol. The highest BCUT2D eigenvalue weighted by Gasteiger charge is 2.34. The van der Waals surface area contributed by atoms with Crippen LogP contribution in [0.1, 0.15) is 20.8 Å². The Balaban J connectivity index is 1.31. The number of fused-ring (bicyclic) bond motifs is 1. The van der Waals surface area contributed by atoms with Crippen molar-refractivity contribution in [1.29, 1.82) is 0 Å². The van der Waals surface area contributed by atoms with E-state index in [0.717, 1.165) is 40.4 Å². The maximum Gasteiger partial charge on any atom is 0.292 e. The lowest BCUT2D eigenvalue weighted by molar-refractivity contribution is 0.0165. The second-order valence-electron chi connectivity index (χ2n) is 9.56. The SMILES string of the molecule is C=c1ccc(-c2ccc3oc(N)nc3c2)nc1=CC(=CC)N1CC(N2CCN(C(C)C)CC2)C1. The van der Waals surface area contributed by atoms with Crippen LogP contribution >= 0.6 is 0 Å². The number of oxazole rings is 1. The molecule has 2 N–H and O–H groups in total. The summed E-state index contributed by atoms with van der Waals surface area (Å²) in [5.41, 5.74) is 10.2. The van der Waals surface area contributed by atoms with Crippen molar-refractivity contribution in [3.63, 3.8) is 0 Å². The molecule has 2 aromatic heterocycles. The molecule has 5 rings (SSSR count). The minimum atomic E-state index is 0.176. The monoisotopic (exact) mass is 458 g/mol. The highest BCUT2D eigenvalue weighted by atomic mass is 16.4. The highest BCUT2D eigenvalue weighted by molar-refractivity contribution is 5.80. The molecule has 0 unspecified atom stereocenters. The van der Waals surface area contributed by atoms with Crippen LogP contribution in [0.4, 0.5) is 6.01 Å². The van der Waals surface area contributed by atoms with Gasteiger partial charge >= 0.3 is 0 Å². The van der Waals surface area contributed by atoms with Crippen molar-refractivity contribution >= 4 is 29.8 Å². The zero-order chi connectivity index (χ0) is 23.8. The average Bonchev–Trinajstić information content (AvgIpc) is 3.18. The van der Waals surface area contributed by atoms with E-state index in [2.05, 4.69) is 59.2 Å². The lowest BCUT2D eigenvalue weighted by atomic mass is 10.0. The van der Waals surface area contributed by atoms with Gasteiger partial charge < -0.3 is 15.1 Å². The van der Waals surface area contributed by atoms with Crippen molar-refractivity contribution in [3.8, 4) is 11.3 Å². The van der Waals surface area contributed by atoms with E-state index in [1.807, 2.05) is 30.3 Å². The first-order valence-electron chi connectivity index (χ1n) is 12.1. The van der Waals surface area contributed by atoms with Crippen molar-refractivity contribution in [2.24, 2.45) is 0 Å². The first-order valence-corrected chi connectivity index (χ1v) is 12.1. The number of piperazine rings is 1. The fourth-order valence-corrected chi connectivity index (χ4v) is 4.91. The van der Waals surface area contributed by atoms with Gasteiger partial charge in [0.1, 0.15) is 5.52 Å². The van der Waals surface area contributed by atoms with Gasteiger partial charge in [-0.25, -0.2) is 4.98 Å². The van der Waals surface area contributed by atoms with Crippen molar-refractivity contribution in [1.82, 2.24) is 24.7 Å². The van der Waals surface area contributed by atoms with Gasteiger partial charge in [-0.1, -0.05) is 18.7 Å². The average molecular weight is 459 g/mol. The molecule has 0 saturated carbocycles. The molecular weight excluding hydrogens is 424 g/mol. The van der Waals surface area contributed by atoms with Crippen LogP contribution in [-0.2, 0) is 0 Å². The molecule has 0 amide bonds. The lowest BCUT2D eigenvalue weighted by Crippen LogP contribution is -2.62. The lowest BCUT2D eigenvalue weighted by Gasteiger charge is -2.50. The van der Waals surface area contributed by atoms with Crippen LogP contribution in [0.2, 0.25) is 0 Å². The van der Waals surface area contributed by atoms with Crippen LogP contribution in [0.25, 0.3) is 35.0 Å². The third-order valence-corrected chi connectivity index (χ3v) is 7.12. The first-order chi connectivity index (χ1) is 16.4. The summed E-state index contributed by atoms with van der Waals surface area (Å²) in [4.78, 5) is 16.8. The molecule has 3 aromatic rings. The Labute approximate surface area is 200 Å². The second kappa shape index (κ2) is 9.24. The summed E-state index contributed by atoms with van der Waals surface area (Å²) in [5, 5.41) is 1.80. The summed E-state index contributed by atoms with van der Waals surface area (Å²) in [6.45, 7) is 17.7. The van der Waals surface area contributed by atoms with Gasteiger partial charge in [-0.3, -0.25) is 9.80 Å². The Bertz CT molecular complexity index is 1310. The zero-order valence-corrected chi connectivity index (χ0v) is 20.4. The van der Waals surface area contributed by atoms with E-state index in [1.165, 1.54) is 31.9 Å². The predicted octanol–water partition coefficient (Wildman–Crippen LogP) is 2.28. The van der Waals surface area contributed by atoms with Crippen LogP contribution in [0.5, 0.6) is 0 Å². The van der Waals surface area contributed by atoms with Gasteiger partial charge in [0, 0.05) is 62.6 Å². The van der Waals surface area contributed by atoms with E-state index in [9.17, 15) is 0 Å². The molecule has 2 fully saturated rings. The number of nitrogens with zero attached hydrogens (tertiary/aromatic N) is 5. The van der Waals surface area contributed by atoms with Crippen molar-refractivity contribution in [2.45, 2.75) is 32.9 Å². The number of nitrogens with two attached hydrogens (primary N) is 1. The minimum Gasteiger partial charge on any atom is -0.424 e. The van der Waals surface area contributed by atoms with Crippen LogP contribution in [-0.4, -0.2) is 76.0 Å². The molecule has 0 radical (unpaired) electrons. The number of allylic oxidation sites excluding steroid dienone is 2. The summed E-state index contributed by atoms with van der Waals surface area (Å²) >= 11 is 0. The zero-order valence-electron chi connectivity index (χ0n) is 20.4. The molecule has 178 valence electrons. The van der Waals surface area contributed by atoms with Crippen molar-refractivity contribution in [3.05, 3.63) is 52.7 Å². The number of likely N-dealkylation sites (tertiary alicyclic amines) is 1. The second-order valence-corrected chi connectivity index (χ2v) is 9.56. The summed E-state index contributed by atoms with van der Waals surface area (Å²) in [7, 11) is 0. The Morgan fingerprint density at radius 2 is 1.88 bits per heavy atom. The number of aromatic nitrogens is 2. The van der Waals surface area contributed by atoms with Gasteiger partial charge in [0.15, 0.2) is 5.58 Å². The minimum absolute atomic E-state index is 0.176. The van der Waals surface area contributed by atoms with Crippen LogP contribution in [0.3, 0.4) is 0 Å². The maximum absolute atomic E-state index is 5.69. The highest BCUT2D eigenvalue weighted by Crippen LogP contribution is 2.24. The normalized spacial score (nSPS) is 19.4. The summed E-state index contributed by atoms with van der Waals surface area (Å²) in [5.74, 6) is 0. The van der Waals surface area contributed by atoms with Crippen molar-refractivity contribution in [2.75, 3.05) is 45.0 Å². The number of anilines is 1. The van der Waals surface area contributed by atoms with E-state index in [1.54, 1.807) is 0 Å². The quantitative estimate of drug-likeness (QED) is 0.629. The Hall–Kier alpha value is -3.16. The van der Waals surface area contributed by atoms with E-state index in [-0.39, 0.29) is 6.01 Å². The van der Waals surface area contributed by atoms with Gasteiger partial charge in [-0.2, -0.15) is 4.98 Å². The molecule has 7 heteroatoms. The Morgan fingerprint density at radius 3 is 2.59 bits per heavy atom. The van der Waals surface area contributed by atoms with E-state index in [4.69, 9.17) is 15.1 Å². The third kappa shape index (κ3) is 4.45. The third-order valence-electron chi connectivity index (χ3n) is 7.12. The van der Waals surface area contributed by atoms with E-state index >= 15 is 0 Å². The van der Waals surface area contributed by atoms with Gasteiger partial charge in [0.25, 0.3) is 6.01 Å². The van der Waals surface area contributed by atoms with Crippen LogP contribution in [0, 0.1) is 0 Å². The molecule has 2 aliphatic rings. The molecule has 0 bridgehead atoms. The first kappa shape index (κ1) is 22.6. The molecule has 34 heavy (non-hydrogen) atoms. The smallest absolute Gasteiger partial charge is 0.292 e. The summed E-state index contributed by atoms with van der Waals surface area (Å²) < 4.78 is 5.39. The van der Waals surface area contributed by atoms with E-state index in [0.29, 0.717) is 17.7 Å². The molecule has 4 heterocycles. The molecule has 2 aliphatic heterocycles. The molecule has 0 spiro atoms. The maximum atomic E-state index is 5.69. The van der Waals surface area contributed by atoms with Gasteiger partial charge in [0.2, 0.25) is 0 Å². The number of benzene rings is 1. The fourth-order valence-electron chi connectivity index (χ4n) is 4.91. The molecule has 2 saturated heterocycles. The number of rotatable bonds is 5. The topological polar surface area (TPSA) is 74.7 Å². The van der Waals surface area contributed by atoms with E-state index < -0.39 is 0 Å². The summed E-state index contributed by atoms with van der Waals surface area (Å²) in [6.07, 6.45) is 4.33. The molecule has 0 atom stereocenters. The van der Waals surface area contributed by atoms with Gasteiger partial charge in [-0.15, -0.1) is 0 Å². The molecule has 0 aliphatic carbocycles. The van der Waals surface area contributed by atoms with Crippen molar-refractivity contribution < 1.29 is 4.42 Å². The fraction of sp³-hybridized carbons (Fsp3) is 0.407. The number of pyridine rings is 1. The Morgan fingerprint density at radius 1 is 1.12 bits per heavy atom. The number of hydrogen-bond donors (Lipinski definition) is 1. The van der Waals surface area contributed by atoms with Gasteiger partial charge in [0.05, 0.1) is 11.0 Å². The molecule has 7 nitrogen and oxygen atoms in total. The number of hydrogen-bond acceptors (Lipinski definition) is 7. The van der Waals surface area contributed by atoms with Crippen LogP contribution < -0.4 is 16.3 Å². The van der Waals surface area contributed by atoms with Gasteiger partial charge in [-0.05, 0) is 56.3 Å². The number of nitrogen functional groups attached to an aromatic ring is 1. The standard InChI is InChI=1S/C27H34N6O/c1-5-21(33-16-22(17-33)32-12-10-31(11-13-32)18(2)3)15-24-19(4)6-8-23(29-24)20-7-9-26-25(14-20)30-27(28)34-26/h5-9,14-15,18,22H,4,10-13,16-17H2,1-3H3,(H2,28,30). The molecular formula is C27H34N6O.